The van der Waals surface area contributed by atoms with Crippen molar-refractivity contribution in [2.45, 2.75) is 20.8 Å². The van der Waals surface area contributed by atoms with E-state index >= 15 is 0 Å². The summed E-state index contributed by atoms with van der Waals surface area (Å²) < 4.78 is 1.20. The third-order valence-electron chi connectivity index (χ3n) is 1.84. The Balaban J connectivity index is 2.93. The molecule has 1 aromatic carbocycles. The fourth-order valence-corrected chi connectivity index (χ4v) is 1.18. The minimum Gasteiger partial charge on any atom is -0.387 e. The Morgan fingerprint density at radius 2 is 1.71 bits per heavy atom. The Bertz CT molecular complexity index is 333. The average molecular weight is 302 g/mol. The molecule has 3 heteroatoms. The van der Waals surface area contributed by atoms with E-state index in [1.165, 1.54) is 3.57 Å². The van der Waals surface area contributed by atoms with Crippen LogP contribution in [0.5, 0.6) is 0 Å². The van der Waals surface area contributed by atoms with Crippen molar-refractivity contribution in [3.05, 3.63) is 27.8 Å². The highest BCUT2D eigenvalue weighted by Crippen LogP contribution is 2.19. The van der Waals surface area contributed by atoms with Gasteiger partial charge < -0.3 is 5.73 Å². The zero-order valence-electron chi connectivity index (χ0n) is 8.71. The summed E-state index contributed by atoms with van der Waals surface area (Å²) in [5.41, 5.74) is 6.72. The van der Waals surface area contributed by atoms with Gasteiger partial charge in [-0.2, -0.15) is 0 Å². The molecule has 0 aliphatic rings. The number of rotatable bonds is 1. The highest BCUT2D eigenvalue weighted by molar-refractivity contribution is 14.1. The molecule has 14 heavy (non-hydrogen) atoms. The number of benzene rings is 1. The van der Waals surface area contributed by atoms with E-state index in [0.29, 0.717) is 5.84 Å². The van der Waals surface area contributed by atoms with E-state index in [1.54, 1.807) is 0 Å². The van der Waals surface area contributed by atoms with Gasteiger partial charge in [-0.3, -0.25) is 0 Å². The standard InChI is InChI=1S/C11H15IN2/c1-11(2,3)10(13)14-9-6-4-8(12)5-7-9/h4-7H,1-3H3,(H2,13,14). The van der Waals surface area contributed by atoms with Crippen LogP contribution in [-0.2, 0) is 0 Å². The van der Waals surface area contributed by atoms with Gasteiger partial charge in [0, 0.05) is 8.99 Å². The molecule has 0 atom stereocenters. The molecular weight excluding hydrogens is 287 g/mol. The van der Waals surface area contributed by atoms with Crippen LogP contribution in [0.15, 0.2) is 29.3 Å². The Morgan fingerprint density at radius 1 is 1.21 bits per heavy atom. The number of nitrogens with two attached hydrogens (primary N) is 1. The van der Waals surface area contributed by atoms with Crippen molar-refractivity contribution < 1.29 is 0 Å². The largest absolute Gasteiger partial charge is 0.387 e. The molecule has 2 nitrogen and oxygen atoms in total. The second-order valence-corrected chi connectivity index (χ2v) is 5.47. The van der Waals surface area contributed by atoms with Crippen LogP contribution in [0.25, 0.3) is 0 Å². The third kappa shape index (κ3) is 3.29. The number of hydrogen-bond acceptors (Lipinski definition) is 1. The monoisotopic (exact) mass is 302 g/mol. The first-order valence-corrected chi connectivity index (χ1v) is 5.57. The summed E-state index contributed by atoms with van der Waals surface area (Å²) >= 11 is 2.27. The van der Waals surface area contributed by atoms with E-state index in [1.807, 2.05) is 24.3 Å². The fourth-order valence-electron chi connectivity index (χ4n) is 0.822. The molecule has 0 amide bonds. The van der Waals surface area contributed by atoms with Gasteiger partial charge in [0.1, 0.15) is 5.84 Å². The van der Waals surface area contributed by atoms with Crippen molar-refractivity contribution in [3.8, 4) is 0 Å². The van der Waals surface area contributed by atoms with E-state index in [9.17, 15) is 0 Å². The van der Waals surface area contributed by atoms with Crippen LogP contribution >= 0.6 is 22.6 Å². The first-order chi connectivity index (χ1) is 6.39. The number of amidine groups is 1. The highest BCUT2D eigenvalue weighted by atomic mass is 127. The maximum atomic E-state index is 5.87. The van der Waals surface area contributed by atoms with Crippen LogP contribution < -0.4 is 5.73 Å². The predicted octanol–water partition coefficient (Wildman–Crippen LogP) is 3.33. The van der Waals surface area contributed by atoms with E-state index in [0.717, 1.165) is 5.69 Å². The number of hydrogen-bond donors (Lipinski definition) is 1. The zero-order valence-corrected chi connectivity index (χ0v) is 10.9. The molecule has 0 saturated heterocycles. The molecule has 1 rings (SSSR count). The molecule has 0 bridgehead atoms. The van der Waals surface area contributed by atoms with Crippen LogP contribution in [0.1, 0.15) is 20.8 Å². The van der Waals surface area contributed by atoms with Crippen molar-refractivity contribution in [1.29, 1.82) is 0 Å². The number of aliphatic imine (C=N–C) groups is 1. The van der Waals surface area contributed by atoms with Gasteiger partial charge in [0.2, 0.25) is 0 Å². The van der Waals surface area contributed by atoms with E-state index < -0.39 is 0 Å². The van der Waals surface area contributed by atoms with Crippen molar-refractivity contribution in [1.82, 2.24) is 0 Å². The second-order valence-electron chi connectivity index (χ2n) is 4.22. The molecule has 1 aromatic rings. The Labute approximate surface area is 98.8 Å². The minimum atomic E-state index is -0.0665. The van der Waals surface area contributed by atoms with Crippen LogP contribution in [0.3, 0.4) is 0 Å². The normalized spacial score (nSPS) is 13.0. The maximum absolute atomic E-state index is 5.87. The summed E-state index contributed by atoms with van der Waals surface area (Å²) in [4.78, 5) is 4.36. The summed E-state index contributed by atoms with van der Waals surface area (Å²) in [5.74, 6) is 0.665. The molecule has 0 aromatic heterocycles. The van der Waals surface area contributed by atoms with Crippen LogP contribution in [0, 0.1) is 8.99 Å². The summed E-state index contributed by atoms with van der Waals surface area (Å²) in [6, 6.07) is 7.99. The Hall–Kier alpha value is -0.580. The van der Waals surface area contributed by atoms with Gasteiger partial charge in [0.25, 0.3) is 0 Å². The quantitative estimate of drug-likeness (QED) is 0.482. The minimum absolute atomic E-state index is 0.0665. The molecule has 0 radical (unpaired) electrons. The average Bonchev–Trinajstić information content (AvgIpc) is 2.07. The topological polar surface area (TPSA) is 38.4 Å². The predicted molar refractivity (Wildman–Crippen MR) is 69.9 cm³/mol. The van der Waals surface area contributed by atoms with Gasteiger partial charge in [-0.05, 0) is 46.9 Å². The third-order valence-corrected chi connectivity index (χ3v) is 2.56. The van der Waals surface area contributed by atoms with Gasteiger partial charge in [-0.1, -0.05) is 20.8 Å². The first kappa shape index (κ1) is 11.5. The van der Waals surface area contributed by atoms with Crippen molar-refractivity contribution in [2.75, 3.05) is 0 Å². The lowest BCUT2D eigenvalue weighted by atomic mass is 9.95. The lowest BCUT2D eigenvalue weighted by Gasteiger charge is -2.17. The number of halogens is 1. The van der Waals surface area contributed by atoms with Crippen LogP contribution in [-0.4, -0.2) is 5.84 Å². The molecule has 0 heterocycles. The molecule has 2 N–H and O–H groups in total. The summed E-state index contributed by atoms with van der Waals surface area (Å²) in [6.45, 7) is 6.16. The van der Waals surface area contributed by atoms with Gasteiger partial charge in [-0.25, -0.2) is 4.99 Å². The van der Waals surface area contributed by atoms with Crippen LogP contribution in [0.2, 0.25) is 0 Å². The first-order valence-electron chi connectivity index (χ1n) is 4.50. The van der Waals surface area contributed by atoms with Gasteiger partial charge in [0.05, 0.1) is 5.69 Å². The highest BCUT2D eigenvalue weighted by Gasteiger charge is 2.15. The molecule has 0 aliphatic heterocycles. The van der Waals surface area contributed by atoms with Gasteiger partial charge in [-0.15, -0.1) is 0 Å². The van der Waals surface area contributed by atoms with Crippen molar-refractivity contribution >= 4 is 34.1 Å². The Kier molecular flexibility index (Phi) is 3.53. The molecular formula is C11H15IN2. The van der Waals surface area contributed by atoms with E-state index in [4.69, 9.17) is 5.73 Å². The maximum Gasteiger partial charge on any atom is 0.105 e. The van der Waals surface area contributed by atoms with Gasteiger partial charge >= 0.3 is 0 Å². The molecule has 76 valence electrons. The smallest absolute Gasteiger partial charge is 0.105 e. The molecule has 0 spiro atoms. The molecule has 0 saturated carbocycles. The SMILES string of the molecule is CC(C)(C)C(N)=Nc1ccc(I)cc1. The fraction of sp³-hybridized carbons (Fsp3) is 0.364. The molecule has 0 fully saturated rings. The van der Waals surface area contributed by atoms with Crippen molar-refractivity contribution in [3.63, 3.8) is 0 Å². The molecule has 0 unspecified atom stereocenters. The van der Waals surface area contributed by atoms with Crippen molar-refractivity contribution in [2.24, 2.45) is 16.1 Å². The van der Waals surface area contributed by atoms with Gasteiger partial charge in [0.15, 0.2) is 0 Å². The van der Waals surface area contributed by atoms with Crippen LogP contribution in [0.4, 0.5) is 5.69 Å². The summed E-state index contributed by atoms with van der Waals surface area (Å²) in [6.07, 6.45) is 0. The lowest BCUT2D eigenvalue weighted by Crippen LogP contribution is -2.28. The summed E-state index contributed by atoms with van der Waals surface area (Å²) in [5, 5.41) is 0. The summed E-state index contributed by atoms with van der Waals surface area (Å²) in [7, 11) is 0. The van der Waals surface area contributed by atoms with E-state index in [-0.39, 0.29) is 5.41 Å². The zero-order chi connectivity index (χ0) is 10.8. The second kappa shape index (κ2) is 4.29. The van der Waals surface area contributed by atoms with E-state index in [2.05, 4.69) is 48.4 Å². The lowest BCUT2D eigenvalue weighted by molar-refractivity contribution is 0.585. The number of nitrogens with zero attached hydrogens (tertiary/aromatic N) is 1. The Morgan fingerprint density at radius 3 is 2.14 bits per heavy atom. The molecule has 0 aliphatic carbocycles.